The molecule has 3 N–H and O–H groups in total. The predicted molar refractivity (Wildman–Crippen MR) is 64.8 cm³/mol. The highest BCUT2D eigenvalue weighted by molar-refractivity contribution is 5.85. The van der Waals surface area contributed by atoms with Crippen LogP contribution in [0.15, 0.2) is 11.6 Å². The van der Waals surface area contributed by atoms with Gasteiger partial charge >= 0.3 is 5.97 Å². The van der Waals surface area contributed by atoms with Crippen LogP contribution in [0.3, 0.4) is 0 Å². The summed E-state index contributed by atoms with van der Waals surface area (Å²) in [6.07, 6.45) is 5.35. The van der Waals surface area contributed by atoms with Crippen LogP contribution < -0.4 is 0 Å². The van der Waals surface area contributed by atoms with Crippen molar-refractivity contribution in [1.29, 1.82) is 0 Å². The Morgan fingerprint density at radius 3 is 2.56 bits per heavy atom. The summed E-state index contributed by atoms with van der Waals surface area (Å²) < 4.78 is 0. The minimum Gasteiger partial charge on any atom is -0.478 e. The number of carboxylic acids is 1. The molecule has 18 heavy (non-hydrogen) atoms. The maximum atomic E-state index is 10.9. The summed E-state index contributed by atoms with van der Waals surface area (Å²) in [4.78, 5) is 10.9. The minimum atomic E-state index is -0.925. The lowest BCUT2D eigenvalue weighted by molar-refractivity contribution is -0.220. The molecule has 0 amide bonds. The number of carbonyl (C=O) groups is 1. The van der Waals surface area contributed by atoms with Gasteiger partial charge in [-0.05, 0) is 44.4 Å². The van der Waals surface area contributed by atoms with Crippen molar-refractivity contribution in [2.45, 2.75) is 50.2 Å². The van der Waals surface area contributed by atoms with Crippen molar-refractivity contribution < 1.29 is 20.1 Å². The molecule has 4 rings (SSSR count). The predicted octanol–water partition coefficient (Wildman–Crippen LogP) is 1.32. The Hall–Kier alpha value is -0.870. The molecule has 0 heterocycles. The van der Waals surface area contributed by atoms with Crippen molar-refractivity contribution in [3.05, 3.63) is 11.6 Å². The fraction of sp³-hybridized carbons (Fsp3) is 0.786. The molecule has 4 bridgehead atoms. The number of hydrogen-bond acceptors (Lipinski definition) is 3. The van der Waals surface area contributed by atoms with E-state index in [1.807, 2.05) is 0 Å². The van der Waals surface area contributed by atoms with Gasteiger partial charge in [-0.1, -0.05) is 6.08 Å². The first-order valence-electron chi connectivity index (χ1n) is 6.68. The lowest BCUT2D eigenvalue weighted by atomic mass is 9.48. The molecule has 0 aliphatic heterocycles. The largest absolute Gasteiger partial charge is 0.478 e. The minimum absolute atomic E-state index is 0.106. The Bertz CT molecular complexity index is 430. The third-order valence-electron chi connectivity index (χ3n) is 5.12. The molecule has 0 aromatic rings. The third kappa shape index (κ3) is 1.70. The van der Waals surface area contributed by atoms with Crippen molar-refractivity contribution in [1.82, 2.24) is 0 Å². The zero-order chi connectivity index (χ0) is 13.1. The van der Waals surface area contributed by atoms with Crippen LogP contribution in [0.25, 0.3) is 0 Å². The molecular weight excluding hydrogens is 232 g/mol. The van der Waals surface area contributed by atoms with Gasteiger partial charge in [-0.3, -0.25) is 0 Å². The first-order valence-corrected chi connectivity index (χ1v) is 6.68. The molecule has 4 heteroatoms. The molecule has 0 aromatic carbocycles. The van der Waals surface area contributed by atoms with Gasteiger partial charge in [0.15, 0.2) is 0 Å². The number of hydrogen-bond donors (Lipinski definition) is 3. The average molecular weight is 252 g/mol. The number of rotatable bonds is 2. The van der Waals surface area contributed by atoms with Gasteiger partial charge in [-0.2, -0.15) is 0 Å². The van der Waals surface area contributed by atoms with Gasteiger partial charge in [0, 0.05) is 17.9 Å². The highest BCUT2D eigenvalue weighted by Gasteiger charge is 2.61. The SMILES string of the molecule is CC(=CC1C2CC3CC(O)(C2)CC1(O)C3)C(=O)O. The fourth-order valence-electron chi connectivity index (χ4n) is 4.74. The van der Waals surface area contributed by atoms with Crippen LogP contribution in [0.1, 0.15) is 39.0 Å². The van der Waals surface area contributed by atoms with Crippen LogP contribution >= 0.6 is 0 Å². The van der Waals surface area contributed by atoms with E-state index >= 15 is 0 Å². The van der Waals surface area contributed by atoms with E-state index in [-0.39, 0.29) is 11.8 Å². The van der Waals surface area contributed by atoms with Crippen LogP contribution in [0.2, 0.25) is 0 Å². The molecule has 4 aliphatic rings. The molecule has 5 unspecified atom stereocenters. The second-order valence-corrected chi connectivity index (χ2v) is 6.66. The lowest BCUT2D eigenvalue weighted by Crippen LogP contribution is -2.63. The first-order chi connectivity index (χ1) is 8.31. The molecular formula is C14H20O4. The highest BCUT2D eigenvalue weighted by atomic mass is 16.4. The number of aliphatic carboxylic acids is 1. The summed E-state index contributed by atoms with van der Waals surface area (Å²) in [6.45, 7) is 1.57. The van der Waals surface area contributed by atoms with Crippen LogP contribution in [-0.4, -0.2) is 32.5 Å². The van der Waals surface area contributed by atoms with Gasteiger partial charge in [0.05, 0.1) is 11.2 Å². The summed E-state index contributed by atoms with van der Waals surface area (Å²) in [5.74, 6) is -0.394. The zero-order valence-electron chi connectivity index (χ0n) is 10.6. The Morgan fingerprint density at radius 2 is 2.00 bits per heavy atom. The van der Waals surface area contributed by atoms with Crippen LogP contribution in [-0.2, 0) is 4.79 Å². The van der Waals surface area contributed by atoms with Crippen LogP contribution in [0.5, 0.6) is 0 Å². The fourth-order valence-corrected chi connectivity index (χ4v) is 4.74. The van der Waals surface area contributed by atoms with Crippen LogP contribution in [0.4, 0.5) is 0 Å². The molecule has 4 aliphatic carbocycles. The maximum absolute atomic E-state index is 10.9. The molecule has 0 radical (unpaired) electrons. The summed E-state index contributed by atoms with van der Waals surface area (Å²) in [5.41, 5.74) is -1.30. The quantitative estimate of drug-likeness (QED) is 0.648. The molecule has 5 atom stereocenters. The smallest absolute Gasteiger partial charge is 0.330 e. The van der Waals surface area contributed by atoms with Crippen molar-refractivity contribution in [2.75, 3.05) is 0 Å². The average Bonchev–Trinajstić information content (AvgIpc) is 2.19. The molecule has 0 spiro atoms. The van der Waals surface area contributed by atoms with Crippen molar-refractivity contribution in [2.24, 2.45) is 17.8 Å². The standard InChI is InChI=1S/C14H20O4/c1-8(12(15)16)2-11-10-3-9-4-13(17,6-10)7-14(11,18)5-9/h2,9-11,17-18H,3-7H2,1H3,(H,15,16). The Morgan fingerprint density at radius 1 is 1.28 bits per heavy atom. The van der Waals surface area contributed by atoms with E-state index in [4.69, 9.17) is 5.11 Å². The van der Waals surface area contributed by atoms with Crippen molar-refractivity contribution in [3.63, 3.8) is 0 Å². The summed E-state index contributed by atoms with van der Waals surface area (Å²) in [6, 6.07) is 0. The van der Waals surface area contributed by atoms with E-state index in [2.05, 4.69) is 0 Å². The molecule has 100 valence electrons. The Kier molecular flexibility index (Phi) is 2.42. The second kappa shape index (κ2) is 3.58. The maximum Gasteiger partial charge on any atom is 0.330 e. The van der Waals surface area contributed by atoms with Gasteiger partial charge < -0.3 is 15.3 Å². The van der Waals surface area contributed by atoms with Gasteiger partial charge in [-0.25, -0.2) is 4.79 Å². The molecule has 4 fully saturated rings. The van der Waals surface area contributed by atoms with Crippen LogP contribution in [0, 0.1) is 17.8 Å². The summed E-state index contributed by atoms with van der Waals surface area (Å²) in [7, 11) is 0. The van der Waals surface area contributed by atoms with Gasteiger partial charge in [0.1, 0.15) is 0 Å². The monoisotopic (exact) mass is 252 g/mol. The summed E-state index contributed by atoms with van der Waals surface area (Å²) >= 11 is 0. The normalized spacial score (nSPS) is 50.6. The van der Waals surface area contributed by atoms with Gasteiger partial charge in [0.2, 0.25) is 0 Å². The first kappa shape index (κ1) is 12.2. The zero-order valence-corrected chi connectivity index (χ0v) is 10.6. The third-order valence-corrected chi connectivity index (χ3v) is 5.12. The lowest BCUT2D eigenvalue weighted by Gasteiger charge is -2.61. The molecule has 0 aromatic heterocycles. The number of carboxylic acid groups (broad SMARTS) is 1. The highest BCUT2D eigenvalue weighted by Crippen LogP contribution is 2.60. The Balaban J connectivity index is 1.94. The van der Waals surface area contributed by atoms with E-state index in [0.29, 0.717) is 30.8 Å². The van der Waals surface area contributed by atoms with Gasteiger partial charge in [-0.15, -0.1) is 0 Å². The Labute approximate surface area is 106 Å². The van der Waals surface area contributed by atoms with E-state index in [1.165, 1.54) is 0 Å². The number of aliphatic hydroxyl groups is 2. The van der Waals surface area contributed by atoms with Crippen molar-refractivity contribution >= 4 is 5.97 Å². The van der Waals surface area contributed by atoms with E-state index in [1.54, 1.807) is 13.0 Å². The molecule has 0 saturated heterocycles. The van der Waals surface area contributed by atoms with E-state index in [9.17, 15) is 15.0 Å². The van der Waals surface area contributed by atoms with E-state index in [0.717, 1.165) is 12.8 Å². The second-order valence-electron chi connectivity index (χ2n) is 6.66. The molecule has 4 saturated carbocycles. The van der Waals surface area contributed by atoms with E-state index < -0.39 is 17.2 Å². The summed E-state index contributed by atoms with van der Waals surface area (Å²) in [5, 5.41) is 30.2. The molecule has 4 nitrogen and oxygen atoms in total. The van der Waals surface area contributed by atoms with Crippen molar-refractivity contribution in [3.8, 4) is 0 Å². The topological polar surface area (TPSA) is 77.8 Å². The van der Waals surface area contributed by atoms with Gasteiger partial charge in [0.25, 0.3) is 0 Å².